The molecule has 1 aromatic heterocycles. The molecule has 21 heavy (non-hydrogen) atoms. The molecule has 0 aromatic carbocycles. The topological polar surface area (TPSA) is 49.2 Å². The molecule has 0 unspecified atom stereocenters. The molecule has 6 nitrogen and oxygen atoms in total. The molecule has 0 aliphatic carbocycles. The van der Waals surface area contributed by atoms with Gasteiger partial charge in [0.05, 0.1) is 12.2 Å². The molecule has 0 bridgehead atoms. The van der Waals surface area contributed by atoms with Crippen LogP contribution in [0.25, 0.3) is 0 Å². The van der Waals surface area contributed by atoms with Crippen LogP contribution in [0.15, 0.2) is 6.20 Å². The zero-order valence-corrected chi connectivity index (χ0v) is 14.6. The first kappa shape index (κ1) is 18.1. The summed E-state index contributed by atoms with van der Waals surface area (Å²) in [4.78, 5) is 4.57. The Hall–Kier alpha value is -0.980. The van der Waals surface area contributed by atoms with Crippen molar-refractivity contribution in [1.82, 2.24) is 30.1 Å². The van der Waals surface area contributed by atoms with Crippen molar-refractivity contribution in [2.75, 3.05) is 40.8 Å². The van der Waals surface area contributed by atoms with E-state index in [0.717, 1.165) is 38.4 Å². The summed E-state index contributed by atoms with van der Waals surface area (Å²) >= 11 is 0. The Morgan fingerprint density at radius 3 is 2.48 bits per heavy atom. The van der Waals surface area contributed by atoms with Crippen molar-refractivity contribution in [2.45, 2.75) is 45.8 Å². The SMILES string of the molecule is CN(C)CCCN(C)CCn1cc(CNC(C)(C)C)nn1. The molecule has 1 aromatic rings. The maximum absolute atomic E-state index is 4.21. The molecule has 0 amide bonds. The summed E-state index contributed by atoms with van der Waals surface area (Å²) in [6.07, 6.45) is 3.23. The van der Waals surface area contributed by atoms with Crippen molar-refractivity contribution in [2.24, 2.45) is 0 Å². The van der Waals surface area contributed by atoms with E-state index >= 15 is 0 Å². The fourth-order valence-electron chi connectivity index (χ4n) is 1.93. The Morgan fingerprint density at radius 1 is 1.14 bits per heavy atom. The lowest BCUT2D eigenvalue weighted by Gasteiger charge is -2.19. The van der Waals surface area contributed by atoms with Crippen LogP contribution in [0.5, 0.6) is 0 Å². The first-order valence-corrected chi connectivity index (χ1v) is 7.73. The van der Waals surface area contributed by atoms with Crippen molar-refractivity contribution < 1.29 is 0 Å². The molecule has 0 saturated heterocycles. The van der Waals surface area contributed by atoms with Gasteiger partial charge in [0, 0.05) is 24.8 Å². The largest absolute Gasteiger partial charge is 0.309 e. The molecule has 0 saturated carbocycles. The molecule has 122 valence electrons. The minimum Gasteiger partial charge on any atom is -0.309 e. The van der Waals surface area contributed by atoms with Crippen LogP contribution in [0.1, 0.15) is 32.9 Å². The summed E-state index contributed by atoms with van der Waals surface area (Å²) in [5.41, 5.74) is 1.11. The van der Waals surface area contributed by atoms with E-state index in [4.69, 9.17) is 0 Å². The van der Waals surface area contributed by atoms with Gasteiger partial charge in [-0.3, -0.25) is 4.68 Å². The van der Waals surface area contributed by atoms with Crippen molar-refractivity contribution in [3.8, 4) is 0 Å². The molecule has 1 N–H and O–H groups in total. The maximum Gasteiger partial charge on any atom is 0.0965 e. The lowest BCUT2D eigenvalue weighted by atomic mass is 10.1. The Balaban J connectivity index is 2.25. The van der Waals surface area contributed by atoms with E-state index < -0.39 is 0 Å². The Kier molecular flexibility index (Phi) is 7.28. The maximum atomic E-state index is 4.21. The molecule has 1 rings (SSSR count). The van der Waals surface area contributed by atoms with Crippen molar-refractivity contribution in [3.63, 3.8) is 0 Å². The third-order valence-electron chi connectivity index (χ3n) is 3.24. The molecule has 0 fully saturated rings. The summed E-state index contributed by atoms with van der Waals surface area (Å²) in [7, 11) is 6.39. The first-order valence-electron chi connectivity index (χ1n) is 7.73. The van der Waals surface area contributed by atoms with E-state index in [0.29, 0.717) is 0 Å². The van der Waals surface area contributed by atoms with Crippen LogP contribution in [0.3, 0.4) is 0 Å². The van der Waals surface area contributed by atoms with E-state index in [-0.39, 0.29) is 5.54 Å². The molecule has 0 spiro atoms. The van der Waals surface area contributed by atoms with E-state index in [9.17, 15) is 0 Å². The highest BCUT2D eigenvalue weighted by molar-refractivity contribution is 4.93. The number of hydrogen-bond donors (Lipinski definition) is 1. The Morgan fingerprint density at radius 2 is 1.86 bits per heavy atom. The number of hydrogen-bond acceptors (Lipinski definition) is 5. The zero-order chi connectivity index (χ0) is 15.9. The minimum absolute atomic E-state index is 0.108. The van der Waals surface area contributed by atoms with Crippen LogP contribution in [-0.2, 0) is 13.1 Å². The molecule has 6 heteroatoms. The fraction of sp³-hybridized carbons (Fsp3) is 0.867. The normalized spacial score (nSPS) is 12.6. The second-order valence-electron chi connectivity index (χ2n) is 7.04. The van der Waals surface area contributed by atoms with Crippen LogP contribution in [0.2, 0.25) is 0 Å². The lowest BCUT2D eigenvalue weighted by molar-refractivity contribution is 0.285. The summed E-state index contributed by atoms with van der Waals surface area (Å²) in [6.45, 7) is 11.4. The van der Waals surface area contributed by atoms with Gasteiger partial charge in [0.1, 0.15) is 0 Å². The van der Waals surface area contributed by atoms with Crippen LogP contribution < -0.4 is 5.32 Å². The van der Waals surface area contributed by atoms with Crippen molar-refractivity contribution >= 4 is 0 Å². The lowest BCUT2D eigenvalue weighted by Crippen LogP contribution is -2.35. The highest BCUT2D eigenvalue weighted by Crippen LogP contribution is 2.01. The standard InChI is InChI=1S/C15H32N6/c1-15(2,3)16-12-14-13-21(18-17-14)11-10-20(6)9-7-8-19(4)5/h13,16H,7-12H2,1-6H3. The van der Waals surface area contributed by atoms with Crippen LogP contribution in [0.4, 0.5) is 0 Å². The number of aromatic nitrogens is 3. The van der Waals surface area contributed by atoms with Crippen molar-refractivity contribution in [1.29, 1.82) is 0 Å². The highest BCUT2D eigenvalue weighted by atomic mass is 15.4. The van der Waals surface area contributed by atoms with Gasteiger partial charge in [-0.2, -0.15) is 0 Å². The molecular formula is C15H32N6. The zero-order valence-electron chi connectivity index (χ0n) is 14.6. The van der Waals surface area contributed by atoms with E-state index in [1.165, 1.54) is 6.42 Å². The van der Waals surface area contributed by atoms with Gasteiger partial charge in [0.15, 0.2) is 0 Å². The smallest absolute Gasteiger partial charge is 0.0965 e. The van der Waals surface area contributed by atoms with Gasteiger partial charge in [0.2, 0.25) is 0 Å². The van der Waals surface area contributed by atoms with E-state index in [2.05, 4.69) is 67.3 Å². The minimum atomic E-state index is 0.108. The van der Waals surface area contributed by atoms with Crippen LogP contribution in [-0.4, -0.2) is 71.1 Å². The second kappa shape index (κ2) is 8.46. The molecule has 0 radical (unpaired) electrons. The third-order valence-corrected chi connectivity index (χ3v) is 3.24. The van der Waals surface area contributed by atoms with Gasteiger partial charge in [-0.1, -0.05) is 5.21 Å². The van der Waals surface area contributed by atoms with E-state index in [1.54, 1.807) is 0 Å². The second-order valence-corrected chi connectivity index (χ2v) is 7.04. The predicted molar refractivity (Wildman–Crippen MR) is 87.3 cm³/mol. The molecular weight excluding hydrogens is 264 g/mol. The van der Waals surface area contributed by atoms with Gasteiger partial charge < -0.3 is 15.1 Å². The third kappa shape index (κ3) is 8.80. The van der Waals surface area contributed by atoms with Crippen LogP contribution in [0, 0.1) is 0 Å². The summed E-state index contributed by atoms with van der Waals surface area (Å²) in [5, 5.41) is 11.8. The molecule has 0 aliphatic rings. The van der Waals surface area contributed by atoms with Gasteiger partial charge in [-0.05, 0) is 61.4 Å². The molecule has 0 atom stereocenters. The Bertz CT molecular complexity index is 393. The van der Waals surface area contributed by atoms with Gasteiger partial charge in [-0.15, -0.1) is 5.10 Å². The summed E-state index contributed by atoms with van der Waals surface area (Å²) in [6, 6.07) is 0. The predicted octanol–water partition coefficient (Wildman–Crippen LogP) is 1.05. The quantitative estimate of drug-likeness (QED) is 0.738. The van der Waals surface area contributed by atoms with Gasteiger partial charge in [-0.25, -0.2) is 0 Å². The Labute approximate surface area is 129 Å². The van der Waals surface area contributed by atoms with Crippen molar-refractivity contribution in [3.05, 3.63) is 11.9 Å². The fourth-order valence-corrected chi connectivity index (χ4v) is 1.93. The average molecular weight is 296 g/mol. The first-order chi connectivity index (χ1) is 9.76. The van der Waals surface area contributed by atoms with Crippen LogP contribution >= 0.6 is 0 Å². The summed E-state index contributed by atoms with van der Waals surface area (Å²) < 4.78 is 1.93. The highest BCUT2D eigenvalue weighted by Gasteiger charge is 2.10. The molecule has 1 heterocycles. The average Bonchev–Trinajstić information content (AvgIpc) is 2.80. The molecule has 0 aliphatic heterocycles. The number of nitrogens with zero attached hydrogens (tertiary/aromatic N) is 5. The van der Waals surface area contributed by atoms with E-state index in [1.807, 2.05) is 10.9 Å². The summed E-state index contributed by atoms with van der Waals surface area (Å²) in [5.74, 6) is 0. The number of likely N-dealkylation sites (N-methyl/N-ethyl adjacent to an activating group) is 1. The number of nitrogens with one attached hydrogen (secondary N) is 1. The van der Waals surface area contributed by atoms with Gasteiger partial charge >= 0.3 is 0 Å². The monoisotopic (exact) mass is 296 g/mol. The van der Waals surface area contributed by atoms with Gasteiger partial charge in [0.25, 0.3) is 0 Å². The number of rotatable bonds is 9.